The molecule has 3 aromatic rings. The van der Waals surface area contributed by atoms with Crippen molar-refractivity contribution in [3.8, 4) is 5.75 Å². The van der Waals surface area contributed by atoms with Gasteiger partial charge in [0.1, 0.15) is 18.1 Å². The Morgan fingerprint density at radius 3 is 2.68 bits per heavy atom. The van der Waals surface area contributed by atoms with Gasteiger partial charge in [-0.3, -0.25) is 4.79 Å². The van der Waals surface area contributed by atoms with E-state index < -0.39 is 27.9 Å². The van der Waals surface area contributed by atoms with Gasteiger partial charge in [0.2, 0.25) is 0 Å². The van der Waals surface area contributed by atoms with E-state index in [4.69, 9.17) is 4.74 Å². The Hall–Kier alpha value is -3.28. The minimum Gasteiger partial charge on any atom is -0.490 e. The summed E-state index contributed by atoms with van der Waals surface area (Å²) in [7, 11) is -1.13. The number of aryl methyl sites for hydroxylation is 1. The molecule has 182 valence electrons. The molecule has 1 aliphatic heterocycles. The number of benzene rings is 1. The highest BCUT2D eigenvalue weighted by atomic mass is 32.2. The fourth-order valence-electron chi connectivity index (χ4n) is 3.85. The Morgan fingerprint density at radius 2 is 1.97 bits per heavy atom. The first kappa shape index (κ1) is 23.9. The van der Waals surface area contributed by atoms with Gasteiger partial charge in [0.05, 0.1) is 35.3 Å². The smallest absolute Gasteiger partial charge is 0.433 e. The van der Waals surface area contributed by atoms with E-state index in [2.05, 4.69) is 9.72 Å². The number of hydrogen-bond donors (Lipinski definition) is 0. The molecule has 4 rings (SSSR count). The lowest BCUT2D eigenvalue weighted by Gasteiger charge is -2.28. The number of pyridine rings is 1. The molecule has 3 heterocycles. The first-order valence-electron chi connectivity index (χ1n) is 10.4. The molecule has 34 heavy (non-hydrogen) atoms. The fraction of sp³-hybridized carbons (Fsp3) is 0.364. The van der Waals surface area contributed by atoms with Crippen LogP contribution < -0.4 is 9.64 Å². The Bertz CT molecular complexity index is 1350. The van der Waals surface area contributed by atoms with Gasteiger partial charge in [0, 0.05) is 25.2 Å². The summed E-state index contributed by atoms with van der Waals surface area (Å²) in [4.78, 5) is 17.0. The van der Waals surface area contributed by atoms with Gasteiger partial charge in [0.15, 0.2) is 0 Å². The number of methoxy groups -OCH3 is 1. The fourth-order valence-corrected chi connectivity index (χ4v) is 5.43. The van der Waals surface area contributed by atoms with Crippen molar-refractivity contribution in [3.05, 3.63) is 47.8 Å². The number of rotatable bonds is 6. The second kappa shape index (κ2) is 8.82. The van der Waals surface area contributed by atoms with E-state index in [9.17, 15) is 26.4 Å². The summed E-state index contributed by atoms with van der Waals surface area (Å²) in [6.45, 7) is 1.04. The zero-order valence-electron chi connectivity index (χ0n) is 18.4. The third-order valence-corrected chi connectivity index (χ3v) is 7.34. The number of likely N-dealkylation sites (N-methyl/N-ethyl adjacent to an activating group) is 1. The number of fused-ring (bicyclic) bond motifs is 2. The van der Waals surface area contributed by atoms with Crippen molar-refractivity contribution in [1.82, 2.24) is 8.96 Å². The summed E-state index contributed by atoms with van der Waals surface area (Å²) in [6.07, 6.45) is -4.31. The van der Waals surface area contributed by atoms with E-state index in [0.29, 0.717) is 18.9 Å². The van der Waals surface area contributed by atoms with Crippen LogP contribution in [0, 0.1) is 0 Å². The maximum absolute atomic E-state index is 13.7. The molecule has 0 saturated heterocycles. The molecule has 12 heteroatoms. The molecule has 8 nitrogen and oxygen atoms in total. The summed E-state index contributed by atoms with van der Waals surface area (Å²) in [5.74, 6) is -0.0741. The number of anilines is 1. The predicted molar refractivity (Wildman–Crippen MR) is 117 cm³/mol. The van der Waals surface area contributed by atoms with Crippen LogP contribution in [0.15, 0.2) is 41.3 Å². The van der Waals surface area contributed by atoms with Crippen molar-refractivity contribution in [3.63, 3.8) is 0 Å². The minimum absolute atomic E-state index is 0.0109. The average Bonchev–Trinajstić information content (AvgIpc) is 3.16. The number of carbonyl (C=O) groups excluding carboxylic acids is 1. The summed E-state index contributed by atoms with van der Waals surface area (Å²) in [6, 6.07) is 7.61. The van der Waals surface area contributed by atoms with Crippen molar-refractivity contribution >= 4 is 32.7 Å². The molecule has 0 radical (unpaired) electrons. The molecule has 2 aromatic heterocycles. The SMILES string of the molecule is COC(=O)CCCc1cc2nc(C(F)(F)F)ccc2n1S(=O)(=O)c1ccc2c(c1)OCCN2C. The van der Waals surface area contributed by atoms with Crippen LogP contribution in [0.5, 0.6) is 5.75 Å². The molecule has 0 saturated carbocycles. The van der Waals surface area contributed by atoms with Gasteiger partial charge in [0.25, 0.3) is 10.0 Å². The highest BCUT2D eigenvalue weighted by molar-refractivity contribution is 7.90. The molecule has 0 amide bonds. The normalized spacial score (nSPS) is 14.1. The first-order valence-corrected chi connectivity index (χ1v) is 11.9. The van der Waals surface area contributed by atoms with E-state index in [-0.39, 0.29) is 40.9 Å². The molecule has 0 atom stereocenters. The van der Waals surface area contributed by atoms with E-state index in [1.54, 1.807) is 6.07 Å². The van der Waals surface area contributed by atoms with Gasteiger partial charge in [-0.1, -0.05) is 0 Å². The average molecular weight is 497 g/mol. The monoisotopic (exact) mass is 497 g/mol. The van der Waals surface area contributed by atoms with Crippen molar-refractivity contribution in [2.75, 3.05) is 32.2 Å². The minimum atomic E-state index is -4.68. The van der Waals surface area contributed by atoms with Crippen LogP contribution in [0.2, 0.25) is 0 Å². The Kier molecular flexibility index (Phi) is 6.19. The molecule has 0 aliphatic carbocycles. The number of aromatic nitrogens is 2. The van der Waals surface area contributed by atoms with Crippen LogP contribution in [0.25, 0.3) is 11.0 Å². The zero-order chi connectivity index (χ0) is 24.7. The van der Waals surface area contributed by atoms with Gasteiger partial charge in [-0.05, 0) is 43.2 Å². The summed E-state index contributed by atoms with van der Waals surface area (Å²) in [5, 5.41) is 0. The lowest BCUT2D eigenvalue weighted by molar-refractivity contribution is -0.141. The quantitative estimate of drug-likeness (QED) is 0.481. The van der Waals surface area contributed by atoms with Crippen LogP contribution in [-0.4, -0.2) is 50.7 Å². The number of halogens is 3. The third kappa shape index (κ3) is 4.41. The number of ether oxygens (including phenoxy) is 2. The molecule has 0 spiro atoms. The van der Waals surface area contributed by atoms with E-state index in [1.807, 2.05) is 11.9 Å². The van der Waals surface area contributed by atoms with E-state index in [0.717, 1.165) is 21.8 Å². The van der Waals surface area contributed by atoms with Crippen LogP contribution in [0.1, 0.15) is 24.2 Å². The topological polar surface area (TPSA) is 90.7 Å². The van der Waals surface area contributed by atoms with Gasteiger partial charge < -0.3 is 14.4 Å². The molecule has 0 unspecified atom stereocenters. The number of carbonyl (C=O) groups is 1. The molecule has 0 fully saturated rings. The lowest BCUT2D eigenvalue weighted by Crippen LogP contribution is -2.29. The largest absolute Gasteiger partial charge is 0.490 e. The Balaban J connectivity index is 1.83. The maximum atomic E-state index is 13.7. The summed E-state index contributed by atoms with van der Waals surface area (Å²) < 4.78 is 78.1. The van der Waals surface area contributed by atoms with Crippen molar-refractivity contribution in [2.24, 2.45) is 0 Å². The molecular formula is C22H22F3N3O5S. The van der Waals surface area contributed by atoms with Crippen LogP contribution >= 0.6 is 0 Å². The molecule has 1 aromatic carbocycles. The summed E-state index contributed by atoms with van der Waals surface area (Å²) >= 11 is 0. The van der Waals surface area contributed by atoms with Crippen molar-refractivity contribution in [2.45, 2.75) is 30.3 Å². The number of alkyl halides is 3. The van der Waals surface area contributed by atoms with Gasteiger partial charge in [-0.15, -0.1) is 0 Å². The second-order valence-corrected chi connectivity index (χ2v) is 9.62. The zero-order valence-corrected chi connectivity index (χ0v) is 19.2. The second-order valence-electron chi connectivity index (χ2n) is 7.83. The predicted octanol–water partition coefficient (Wildman–Crippen LogP) is 3.62. The van der Waals surface area contributed by atoms with Crippen molar-refractivity contribution < 1.29 is 35.9 Å². The summed E-state index contributed by atoms with van der Waals surface area (Å²) in [5.41, 5.74) is -0.281. The van der Waals surface area contributed by atoms with Crippen LogP contribution in [0.3, 0.4) is 0 Å². The van der Waals surface area contributed by atoms with Gasteiger partial charge in [-0.2, -0.15) is 13.2 Å². The van der Waals surface area contributed by atoms with Crippen LogP contribution in [0.4, 0.5) is 18.9 Å². The highest BCUT2D eigenvalue weighted by Gasteiger charge is 2.34. The Labute approximate surface area is 193 Å². The van der Waals surface area contributed by atoms with Gasteiger partial charge >= 0.3 is 12.1 Å². The molecular weight excluding hydrogens is 475 g/mol. The van der Waals surface area contributed by atoms with Gasteiger partial charge in [-0.25, -0.2) is 17.4 Å². The third-order valence-electron chi connectivity index (χ3n) is 5.58. The maximum Gasteiger partial charge on any atom is 0.433 e. The highest BCUT2D eigenvalue weighted by Crippen LogP contribution is 2.36. The Morgan fingerprint density at radius 1 is 1.21 bits per heavy atom. The first-order chi connectivity index (χ1) is 16.0. The number of nitrogens with zero attached hydrogens (tertiary/aromatic N) is 3. The van der Waals surface area contributed by atoms with Crippen molar-refractivity contribution in [1.29, 1.82) is 0 Å². The lowest BCUT2D eigenvalue weighted by atomic mass is 10.2. The van der Waals surface area contributed by atoms with E-state index >= 15 is 0 Å². The standard InChI is InChI=1S/C22H22F3N3O5S/c1-27-10-11-33-19-13-15(6-7-18(19)27)34(30,31)28-14(4-3-5-21(29)32-2)12-16-17(28)8-9-20(26-16)22(23,24)25/h6-9,12-13H,3-5,10-11H2,1-2H3. The number of esters is 1. The molecule has 0 N–H and O–H groups in total. The van der Waals surface area contributed by atoms with E-state index in [1.165, 1.54) is 25.3 Å². The number of hydrogen-bond acceptors (Lipinski definition) is 7. The van der Waals surface area contributed by atoms with Crippen LogP contribution in [-0.2, 0) is 32.2 Å². The molecule has 0 bridgehead atoms. The molecule has 1 aliphatic rings.